The summed E-state index contributed by atoms with van der Waals surface area (Å²) >= 11 is 0. The standard InChI is InChI=1S/C60H41N/c1-6-19-42(20-7-1)49-38-58(46-23-10-3-11-24-46)61-59(39-49)48-26-18-25-47(37-48)43-33-35-45(36-34-43)54-41-57-55(40-53(54)44-21-8-2-9-22-44)52-31-16-17-32-56(52)60(57,50-27-12-4-13-28-50)51-29-14-5-15-30-51/h1-41H. The Balaban J connectivity index is 1.05. The Kier molecular flexibility index (Phi) is 9.13. The van der Waals surface area contributed by atoms with Crippen molar-refractivity contribution in [2.24, 2.45) is 0 Å². The normalized spacial score (nSPS) is 12.4. The highest BCUT2D eigenvalue weighted by Crippen LogP contribution is 2.58. The lowest BCUT2D eigenvalue weighted by Gasteiger charge is -2.34. The lowest BCUT2D eigenvalue weighted by atomic mass is 9.67. The first kappa shape index (κ1) is 36.2. The molecule has 61 heavy (non-hydrogen) atoms. The quantitative estimate of drug-likeness (QED) is 0.150. The predicted octanol–water partition coefficient (Wildman–Crippen LogP) is 15.4. The topological polar surface area (TPSA) is 12.9 Å². The Morgan fingerprint density at radius 2 is 0.672 bits per heavy atom. The molecule has 0 aliphatic heterocycles. The lowest BCUT2D eigenvalue weighted by Crippen LogP contribution is -2.28. The minimum Gasteiger partial charge on any atom is -0.248 e. The third-order valence-corrected chi connectivity index (χ3v) is 12.4. The van der Waals surface area contributed by atoms with Gasteiger partial charge in [0.2, 0.25) is 0 Å². The van der Waals surface area contributed by atoms with Crippen molar-refractivity contribution in [2.75, 3.05) is 0 Å². The highest BCUT2D eigenvalue weighted by molar-refractivity contribution is 5.95. The number of hydrogen-bond acceptors (Lipinski definition) is 1. The molecule has 0 amide bonds. The van der Waals surface area contributed by atoms with Gasteiger partial charge in [-0.1, -0.05) is 218 Å². The molecule has 0 unspecified atom stereocenters. The summed E-state index contributed by atoms with van der Waals surface area (Å²) in [7, 11) is 0. The van der Waals surface area contributed by atoms with E-state index in [1.807, 2.05) is 0 Å². The Morgan fingerprint density at radius 1 is 0.230 bits per heavy atom. The fourth-order valence-corrected chi connectivity index (χ4v) is 9.52. The zero-order chi connectivity index (χ0) is 40.6. The number of rotatable bonds is 8. The minimum atomic E-state index is -0.481. The maximum atomic E-state index is 5.23. The molecule has 0 saturated heterocycles. The molecule has 0 atom stereocenters. The van der Waals surface area contributed by atoms with E-state index in [0.717, 1.165) is 39.2 Å². The summed E-state index contributed by atoms with van der Waals surface area (Å²) in [6.45, 7) is 0. The molecule has 9 aromatic carbocycles. The molecule has 1 nitrogen and oxygen atoms in total. The number of fused-ring (bicyclic) bond motifs is 3. The van der Waals surface area contributed by atoms with Gasteiger partial charge in [-0.2, -0.15) is 0 Å². The first-order valence-corrected chi connectivity index (χ1v) is 21.0. The molecule has 0 saturated carbocycles. The molecule has 0 N–H and O–H groups in total. The van der Waals surface area contributed by atoms with E-state index < -0.39 is 5.41 Å². The van der Waals surface area contributed by atoms with E-state index in [-0.39, 0.29) is 0 Å². The Hall–Kier alpha value is -7.87. The van der Waals surface area contributed by atoms with E-state index in [4.69, 9.17) is 4.98 Å². The molecular weight excluding hydrogens is 735 g/mol. The third-order valence-electron chi connectivity index (χ3n) is 12.4. The van der Waals surface area contributed by atoms with Crippen LogP contribution in [-0.2, 0) is 5.41 Å². The molecule has 1 aliphatic rings. The van der Waals surface area contributed by atoms with Crippen molar-refractivity contribution < 1.29 is 0 Å². The summed E-state index contributed by atoms with van der Waals surface area (Å²) in [5.74, 6) is 0. The van der Waals surface area contributed by atoms with Crippen LogP contribution in [0.2, 0.25) is 0 Å². The van der Waals surface area contributed by atoms with E-state index in [0.29, 0.717) is 0 Å². The van der Waals surface area contributed by atoms with Crippen LogP contribution in [0.3, 0.4) is 0 Å². The fraction of sp³-hybridized carbons (Fsp3) is 0.0167. The van der Waals surface area contributed by atoms with Gasteiger partial charge in [0.25, 0.3) is 0 Å². The molecule has 11 rings (SSSR count). The molecule has 0 bridgehead atoms. The van der Waals surface area contributed by atoms with Gasteiger partial charge in [-0.25, -0.2) is 4.98 Å². The summed E-state index contributed by atoms with van der Waals surface area (Å²) in [5, 5.41) is 0. The van der Waals surface area contributed by atoms with Crippen LogP contribution in [0, 0.1) is 0 Å². The minimum absolute atomic E-state index is 0.481. The summed E-state index contributed by atoms with van der Waals surface area (Å²) in [5.41, 5.74) is 20.8. The van der Waals surface area contributed by atoms with E-state index in [9.17, 15) is 0 Å². The molecular formula is C60H41N. The van der Waals surface area contributed by atoms with Crippen LogP contribution in [0.4, 0.5) is 0 Å². The Bertz CT molecular complexity index is 3040. The predicted molar refractivity (Wildman–Crippen MR) is 254 cm³/mol. The number of nitrogens with zero attached hydrogens (tertiary/aromatic N) is 1. The number of pyridine rings is 1. The summed E-state index contributed by atoms with van der Waals surface area (Å²) in [6, 6.07) is 90.3. The van der Waals surface area contributed by atoms with Crippen molar-refractivity contribution in [1.82, 2.24) is 4.98 Å². The average molecular weight is 776 g/mol. The van der Waals surface area contributed by atoms with Gasteiger partial charge in [-0.15, -0.1) is 0 Å². The highest BCUT2D eigenvalue weighted by Gasteiger charge is 2.46. The Labute approximate surface area is 358 Å². The summed E-state index contributed by atoms with van der Waals surface area (Å²) < 4.78 is 0. The molecule has 1 aromatic heterocycles. The van der Waals surface area contributed by atoms with Crippen molar-refractivity contribution in [3.8, 4) is 78.1 Å². The Morgan fingerprint density at radius 3 is 1.31 bits per heavy atom. The van der Waals surface area contributed by atoms with Gasteiger partial charge < -0.3 is 0 Å². The van der Waals surface area contributed by atoms with Crippen LogP contribution in [0.15, 0.2) is 249 Å². The zero-order valence-electron chi connectivity index (χ0n) is 33.6. The van der Waals surface area contributed by atoms with Crippen molar-refractivity contribution in [3.05, 3.63) is 271 Å². The van der Waals surface area contributed by atoms with Crippen molar-refractivity contribution >= 4 is 0 Å². The van der Waals surface area contributed by atoms with Gasteiger partial charge in [-0.05, 0) is 108 Å². The number of aromatic nitrogens is 1. The van der Waals surface area contributed by atoms with Gasteiger partial charge in [0.15, 0.2) is 0 Å². The lowest BCUT2D eigenvalue weighted by molar-refractivity contribution is 0.769. The van der Waals surface area contributed by atoms with Gasteiger partial charge in [0.1, 0.15) is 0 Å². The smallest absolute Gasteiger partial charge is 0.0715 e. The van der Waals surface area contributed by atoms with Gasteiger partial charge in [0, 0.05) is 11.1 Å². The monoisotopic (exact) mass is 775 g/mol. The highest BCUT2D eigenvalue weighted by atomic mass is 14.7. The summed E-state index contributed by atoms with van der Waals surface area (Å²) in [4.78, 5) is 5.23. The van der Waals surface area contributed by atoms with Crippen LogP contribution >= 0.6 is 0 Å². The summed E-state index contributed by atoms with van der Waals surface area (Å²) in [6.07, 6.45) is 0. The SMILES string of the molecule is c1ccc(-c2cc(-c3ccccc3)nc(-c3cccc(-c4ccc(-c5cc6c(cc5-c5ccccc5)-c5ccccc5C6(c5ccccc5)c5ccccc5)cc4)c3)c2)cc1. The molecule has 0 radical (unpaired) electrons. The van der Waals surface area contributed by atoms with Crippen LogP contribution in [0.25, 0.3) is 78.1 Å². The van der Waals surface area contributed by atoms with Gasteiger partial charge >= 0.3 is 0 Å². The van der Waals surface area contributed by atoms with Gasteiger partial charge in [0.05, 0.1) is 16.8 Å². The first-order valence-electron chi connectivity index (χ1n) is 21.0. The number of hydrogen-bond donors (Lipinski definition) is 0. The second kappa shape index (κ2) is 15.4. The largest absolute Gasteiger partial charge is 0.248 e. The molecule has 0 fully saturated rings. The number of benzene rings is 9. The molecule has 1 heteroatoms. The maximum Gasteiger partial charge on any atom is 0.0715 e. The van der Waals surface area contributed by atoms with Crippen LogP contribution in [-0.4, -0.2) is 4.98 Å². The van der Waals surface area contributed by atoms with E-state index in [1.165, 1.54) is 61.2 Å². The molecule has 0 spiro atoms. The molecule has 1 heterocycles. The first-order chi connectivity index (χ1) is 30.2. The van der Waals surface area contributed by atoms with Crippen LogP contribution < -0.4 is 0 Å². The van der Waals surface area contributed by atoms with Crippen LogP contribution in [0.5, 0.6) is 0 Å². The fourth-order valence-electron chi connectivity index (χ4n) is 9.52. The maximum absolute atomic E-state index is 5.23. The third kappa shape index (κ3) is 6.39. The zero-order valence-corrected chi connectivity index (χ0v) is 33.6. The molecule has 286 valence electrons. The van der Waals surface area contributed by atoms with Crippen LogP contribution in [0.1, 0.15) is 22.3 Å². The van der Waals surface area contributed by atoms with Gasteiger partial charge in [-0.3, -0.25) is 0 Å². The van der Waals surface area contributed by atoms with E-state index in [2.05, 4.69) is 249 Å². The van der Waals surface area contributed by atoms with Crippen molar-refractivity contribution in [1.29, 1.82) is 0 Å². The average Bonchev–Trinajstić information content (AvgIpc) is 3.65. The van der Waals surface area contributed by atoms with Crippen molar-refractivity contribution in [2.45, 2.75) is 5.41 Å². The van der Waals surface area contributed by atoms with E-state index in [1.54, 1.807) is 0 Å². The molecule has 1 aliphatic carbocycles. The second-order valence-corrected chi connectivity index (χ2v) is 15.9. The van der Waals surface area contributed by atoms with Crippen molar-refractivity contribution in [3.63, 3.8) is 0 Å². The molecule has 10 aromatic rings. The second-order valence-electron chi connectivity index (χ2n) is 15.9. The van der Waals surface area contributed by atoms with E-state index >= 15 is 0 Å².